The molecule has 0 aromatic rings. The largest absolute Gasteiger partial charge is 0.500 e. The summed E-state index contributed by atoms with van der Waals surface area (Å²) in [6.45, 7) is 2.24. The Morgan fingerprint density at radius 2 is 1.25 bits per heavy atom. The maximum absolute atomic E-state index is 12.1. The zero-order chi connectivity index (χ0) is 18.3. The van der Waals surface area contributed by atoms with Gasteiger partial charge in [-0.05, 0) is 12.8 Å². The first kappa shape index (κ1) is 23.9. The first-order chi connectivity index (χ1) is 11.5. The first-order valence-electron chi connectivity index (χ1n) is 9.26. The molecule has 0 radical (unpaired) electrons. The normalized spacial score (nSPS) is 11.7. The third kappa shape index (κ3) is 10.7. The molecule has 142 valence electrons. The number of unbranched alkanes of at least 4 members (excludes halogenated alkanes) is 8. The quantitative estimate of drug-likeness (QED) is 0.200. The Bertz CT molecular complexity index is 338. The number of thiocarbonyl (C=S) groups is 1. The van der Waals surface area contributed by atoms with E-state index in [4.69, 9.17) is 25.5 Å². The van der Waals surface area contributed by atoms with Gasteiger partial charge in [0, 0.05) is 33.8 Å². The molecule has 0 rings (SSSR count). The number of ketones is 1. The van der Waals surface area contributed by atoms with Crippen molar-refractivity contribution in [1.82, 2.24) is 0 Å². The Hall–Kier alpha value is -0.143. The summed E-state index contributed by atoms with van der Waals surface area (Å²) in [6.07, 6.45) is 12.3. The van der Waals surface area contributed by atoms with E-state index >= 15 is 0 Å². The average Bonchev–Trinajstić information content (AvgIpc) is 2.61. The lowest BCUT2D eigenvalue weighted by Gasteiger charge is -2.24. The van der Waals surface area contributed by atoms with E-state index in [0.29, 0.717) is 23.8 Å². The van der Waals surface area contributed by atoms with Gasteiger partial charge in [0.25, 0.3) is 0 Å². The van der Waals surface area contributed by atoms with E-state index in [1.807, 2.05) is 0 Å². The van der Waals surface area contributed by atoms with Crippen molar-refractivity contribution in [2.45, 2.75) is 83.6 Å². The van der Waals surface area contributed by atoms with Crippen LogP contribution in [-0.2, 0) is 18.1 Å². The van der Waals surface area contributed by atoms with Gasteiger partial charge in [0.2, 0.25) is 0 Å². The van der Waals surface area contributed by atoms with Crippen LogP contribution < -0.4 is 0 Å². The van der Waals surface area contributed by atoms with E-state index in [-0.39, 0.29) is 5.78 Å². The van der Waals surface area contributed by atoms with Crippen molar-refractivity contribution in [3.63, 3.8) is 0 Å². The van der Waals surface area contributed by atoms with Gasteiger partial charge in [-0.3, -0.25) is 4.79 Å². The molecular formula is C18H36O4SSi. The summed E-state index contributed by atoms with van der Waals surface area (Å²) in [5, 5.41) is 0. The van der Waals surface area contributed by atoms with Crippen molar-refractivity contribution < 1.29 is 18.1 Å². The number of carbonyl (C=O) groups excluding carboxylic acids is 1. The second-order valence-corrected chi connectivity index (χ2v) is 9.80. The Morgan fingerprint density at radius 3 is 1.71 bits per heavy atom. The highest BCUT2D eigenvalue weighted by Crippen LogP contribution is 2.17. The molecule has 24 heavy (non-hydrogen) atoms. The van der Waals surface area contributed by atoms with Gasteiger partial charge >= 0.3 is 8.80 Å². The van der Waals surface area contributed by atoms with Crippen molar-refractivity contribution in [2.75, 3.05) is 21.3 Å². The molecule has 0 spiro atoms. The van der Waals surface area contributed by atoms with Gasteiger partial charge in [-0.15, -0.1) is 0 Å². The van der Waals surface area contributed by atoms with Crippen LogP contribution in [0.25, 0.3) is 0 Å². The topological polar surface area (TPSA) is 44.8 Å². The molecule has 0 amide bonds. The summed E-state index contributed by atoms with van der Waals surface area (Å²) < 4.78 is 16.1. The summed E-state index contributed by atoms with van der Waals surface area (Å²) in [6, 6.07) is 0.554. The molecule has 0 saturated carbocycles. The molecule has 0 atom stereocenters. The molecule has 0 heterocycles. The molecule has 4 nitrogen and oxygen atoms in total. The number of hydrogen-bond acceptors (Lipinski definition) is 5. The molecule has 0 bridgehead atoms. The van der Waals surface area contributed by atoms with Gasteiger partial charge in [0.1, 0.15) is 0 Å². The number of Topliss-reactive ketones (excluding diaryl/α,β-unsaturated/α-hetero) is 1. The van der Waals surface area contributed by atoms with Crippen LogP contribution in [0, 0.1) is 0 Å². The van der Waals surface area contributed by atoms with E-state index in [9.17, 15) is 4.79 Å². The van der Waals surface area contributed by atoms with Gasteiger partial charge in [0.15, 0.2) is 5.78 Å². The monoisotopic (exact) mass is 376 g/mol. The molecule has 0 fully saturated rings. The van der Waals surface area contributed by atoms with E-state index < -0.39 is 8.80 Å². The van der Waals surface area contributed by atoms with Gasteiger partial charge in [0.05, 0.1) is 4.86 Å². The summed E-state index contributed by atoms with van der Waals surface area (Å²) in [7, 11) is 2.10. The van der Waals surface area contributed by atoms with Crippen LogP contribution in [0.3, 0.4) is 0 Å². The summed E-state index contributed by atoms with van der Waals surface area (Å²) >= 11 is 5.25. The van der Waals surface area contributed by atoms with Crippen LogP contribution in [0.2, 0.25) is 6.04 Å². The van der Waals surface area contributed by atoms with Crippen LogP contribution in [0.1, 0.15) is 77.6 Å². The molecule has 0 unspecified atom stereocenters. The minimum atomic E-state index is -2.63. The molecule has 0 N–H and O–H groups in total. The van der Waals surface area contributed by atoms with Crippen molar-refractivity contribution in [2.24, 2.45) is 0 Å². The standard InChI is InChI=1S/C18H36O4SSi/c1-5-6-7-8-9-10-11-12-13-14-17(19)18(23)15-16-24(20-2,21-3)22-4/h5-16H2,1-4H3. The molecule has 0 aromatic heterocycles. The Morgan fingerprint density at radius 1 is 0.792 bits per heavy atom. The van der Waals surface area contributed by atoms with E-state index in [1.165, 1.54) is 44.9 Å². The fourth-order valence-electron chi connectivity index (χ4n) is 2.70. The van der Waals surface area contributed by atoms with Crippen molar-refractivity contribution in [3.8, 4) is 0 Å². The van der Waals surface area contributed by atoms with Crippen LogP contribution in [0.15, 0.2) is 0 Å². The Balaban J connectivity index is 3.75. The third-order valence-corrected chi connectivity index (χ3v) is 7.57. The number of carbonyl (C=O) groups is 1. The van der Waals surface area contributed by atoms with Crippen molar-refractivity contribution >= 4 is 31.7 Å². The maximum atomic E-state index is 12.1. The summed E-state index contributed by atoms with van der Waals surface area (Å²) in [5.41, 5.74) is 0. The lowest BCUT2D eigenvalue weighted by atomic mass is 10.0. The van der Waals surface area contributed by atoms with E-state index in [2.05, 4.69) is 6.92 Å². The summed E-state index contributed by atoms with van der Waals surface area (Å²) in [5.74, 6) is 0.0964. The van der Waals surface area contributed by atoms with Gasteiger partial charge in [-0.1, -0.05) is 70.5 Å². The van der Waals surface area contributed by atoms with Gasteiger partial charge < -0.3 is 13.3 Å². The SMILES string of the molecule is CCCCCCCCCCCC(=O)C(=S)CC[Si](OC)(OC)OC. The molecule has 0 aliphatic heterocycles. The highest BCUT2D eigenvalue weighted by atomic mass is 32.1. The lowest BCUT2D eigenvalue weighted by Crippen LogP contribution is -2.43. The smallest absolute Gasteiger partial charge is 0.377 e. The third-order valence-electron chi connectivity index (χ3n) is 4.41. The molecule has 6 heteroatoms. The molecular weight excluding hydrogens is 340 g/mol. The van der Waals surface area contributed by atoms with E-state index in [0.717, 1.165) is 12.8 Å². The first-order valence-corrected chi connectivity index (χ1v) is 11.6. The zero-order valence-electron chi connectivity index (χ0n) is 16.0. The second-order valence-electron chi connectivity index (χ2n) is 6.22. The number of hydrogen-bond donors (Lipinski definition) is 0. The van der Waals surface area contributed by atoms with Crippen LogP contribution in [0.5, 0.6) is 0 Å². The predicted octanol–water partition coefficient (Wildman–Crippen LogP) is 5.11. The van der Waals surface area contributed by atoms with Crippen LogP contribution in [0.4, 0.5) is 0 Å². The fraction of sp³-hybridized carbons (Fsp3) is 0.889. The van der Waals surface area contributed by atoms with Crippen LogP contribution >= 0.6 is 12.2 Å². The Kier molecular flexibility index (Phi) is 15.0. The minimum Gasteiger partial charge on any atom is -0.377 e. The fourth-order valence-corrected chi connectivity index (χ4v) is 4.75. The van der Waals surface area contributed by atoms with Crippen molar-refractivity contribution in [1.29, 1.82) is 0 Å². The molecule has 0 aliphatic rings. The summed E-state index contributed by atoms with van der Waals surface area (Å²) in [4.78, 5) is 12.6. The van der Waals surface area contributed by atoms with Gasteiger partial charge in [-0.2, -0.15) is 0 Å². The van der Waals surface area contributed by atoms with E-state index in [1.54, 1.807) is 21.3 Å². The highest BCUT2D eigenvalue weighted by molar-refractivity contribution is 7.82. The predicted molar refractivity (Wildman–Crippen MR) is 106 cm³/mol. The maximum Gasteiger partial charge on any atom is 0.500 e. The Labute approximate surface area is 155 Å². The molecule has 0 aliphatic carbocycles. The lowest BCUT2D eigenvalue weighted by molar-refractivity contribution is -0.113. The highest BCUT2D eigenvalue weighted by Gasteiger charge is 2.37. The minimum absolute atomic E-state index is 0.0964. The molecule has 0 saturated heterocycles. The van der Waals surface area contributed by atoms with Gasteiger partial charge in [-0.25, -0.2) is 0 Å². The molecule has 0 aromatic carbocycles. The second kappa shape index (κ2) is 15.1. The average molecular weight is 377 g/mol. The number of rotatable bonds is 17. The van der Waals surface area contributed by atoms with Crippen molar-refractivity contribution in [3.05, 3.63) is 0 Å². The van der Waals surface area contributed by atoms with Crippen LogP contribution in [-0.4, -0.2) is 40.8 Å². The zero-order valence-corrected chi connectivity index (χ0v) is 17.8.